The lowest BCUT2D eigenvalue weighted by Crippen LogP contribution is -2.43. The van der Waals surface area contributed by atoms with E-state index in [1.165, 1.54) is 38.6 Å². The summed E-state index contributed by atoms with van der Waals surface area (Å²) in [4.78, 5) is 14.6. The van der Waals surface area contributed by atoms with E-state index in [1.54, 1.807) is 0 Å². The van der Waals surface area contributed by atoms with E-state index >= 15 is 0 Å². The van der Waals surface area contributed by atoms with Gasteiger partial charge in [-0.05, 0) is 38.1 Å². The number of likely N-dealkylation sites (tertiary alicyclic amines) is 1. The first-order valence-electron chi connectivity index (χ1n) is 7.26. The second kappa shape index (κ2) is 5.09. The van der Waals surface area contributed by atoms with Crippen LogP contribution in [0.25, 0.3) is 0 Å². The van der Waals surface area contributed by atoms with Gasteiger partial charge >= 0.3 is 0 Å². The van der Waals surface area contributed by atoms with Gasteiger partial charge in [-0.1, -0.05) is 27.2 Å². The summed E-state index contributed by atoms with van der Waals surface area (Å²) in [6.07, 6.45) is 7.70. The zero-order valence-electron chi connectivity index (χ0n) is 11.7. The molecule has 0 aromatic rings. The summed E-state index contributed by atoms with van der Waals surface area (Å²) in [5.74, 6) is 1.35. The Morgan fingerprint density at radius 2 is 1.88 bits per heavy atom. The van der Waals surface area contributed by atoms with Crippen LogP contribution in [-0.4, -0.2) is 29.8 Å². The molecule has 0 bridgehead atoms. The van der Waals surface area contributed by atoms with E-state index in [0.29, 0.717) is 5.78 Å². The second-order valence-corrected chi connectivity index (χ2v) is 6.86. The highest BCUT2D eigenvalue weighted by atomic mass is 16.1. The van der Waals surface area contributed by atoms with Crippen molar-refractivity contribution in [2.75, 3.05) is 13.1 Å². The lowest BCUT2D eigenvalue weighted by molar-refractivity contribution is -0.126. The molecule has 0 aromatic carbocycles. The number of Topliss-reactive ketones (excluding diaryl/α,β-unsaturated/α-hetero) is 1. The number of rotatable bonds is 3. The maximum atomic E-state index is 12.0. The molecule has 1 heterocycles. The van der Waals surface area contributed by atoms with Gasteiger partial charge in [0, 0.05) is 24.4 Å². The lowest BCUT2D eigenvalue weighted by Gasteiger charge is -2.38. The van der Waals surface area contributed by atoms with Crippen LogP contribution in [0.1, 0.15) is 59.3 Å². The molecular weight excluding hydrogens is 210 g/mol. The van der Waals surface area contributed by atoms with Gasteiger partial charge < -0.3 is 0 Å². The Labute approximate surface area is 106 Å². The van der Waals surface area contributed by atoms with Gasteiger partial charge in [0.05, 0.1) is 0 Å². The summed E-state index contributed by atoms with van der Waals surface area (Å²) in [6, 6.07) is 0.802. The minimum absolute atomic E-state index is 0.162. The summed E-state index contributed by atoms with van der Waals surface area (Å²) >= 11 is 0. The maximum Gasteiger partial charge on any atom is 0.139 e. The summed E-state index contributed by atoms with van der Waals surface area (Å²) in [5.41, 5.74) is -0.162. The molecule has 2 fully saturated rings. The third-order valence-corrected chi connectivity index (χ3v) is 4.57. The average Bonchev–Trinajstić information content (AvgIpc) is 2.72. The van der Waals surface area contributed by atoms with Crippen LogP contribution in [0.15, 0.2) is 0 Å². The SMILES string of the molecule is CC(C)(C)C(=O)CCN1CCCC2CCCC21. The Kier molecular flexibility index (Phi) is 3.92. The summed E-state index contributed by atoms with van der Waals surface area (Å²) in [7, 11) is 0. The molecule has 1 aliphatic carbocycles. The van der Waals surface area contributed by atoms with Crippen molar-refractivity contribution in [3.8, 4) is 0 Å². The molecule has 1 aliphatic heterocycles. The average molecular weight is 237 g/mol. The minimum Gasteiger partial charge on any atom is -0.300 e. The zero-order valence-corrected chi connectivity index (χ0v) is 11.7. The Hall–Kier alpha value is -0.370. The molecule has 0 amide bonds. The fraction of sp³-hybridized carbons (Fsp3) is 0.933. The van der Waals surface area contributed by atoms with Gasteiger partial charge in [-0.25, -0.2) is 0 Å². The van der Waals surface area contributed by atoms with Gasteiger partial charge in [0.2, 0.25) is 0 Å². The number of ketones is 1. The molecule has 2 unspecified atom stereocenters. The van der Waals surface area contributed by atoms with Gasteiger partial charge in [-0.15, -0.1) is 0 Å². The van der Waals surface area contributed by atoms with Crippen molar-refractivity contribution in [2.24, 2.45) is 11.3 Å². The number of carbonyl (C=O) groups excluding carboxylic acids is 1. The normalized spacial score (nSPS) is 30.3. The summed E-state index contributed by atoms with van der Waals surface area (Å²) in [5, 5.41) is 0. The highest BCUT2D eigenvalue weighted by Crippen LogP contribution is 2.36. The molecule has 2 rings (SSSR count). The van der Waals surface area contributed by atoms with Crippen LogP contribution in [0.4, 0.5) is 0 Å². The third-order valence-electron chi connectivity index (χ3n) is 4.57. The van der Waals surface area contributed by atoms with Crippen LogP contribution < -0.4 is 0 Å². The number of piperidine rings is 1. The van der Waals surface area contributed by atoms with Crippen LogP contribution in [0.3, 0.4) is 0 Å². The molecular formula is C15H27NO. The van der Waals surface area contributed by atoms with E-state index in [0.717, 1.165) is 24.9 Å². The van der Waals surface area contributed by atoms with Crippen molar-refractivity contribution >= 4 is 5.78 Å². The van der Waals surface area contributed by atoms with E-state index in [9.17, 15) is 4.79 Å². The first-order valence-corrected chi connectivity index (χ1v) is 7.26. The third kappa shape index (κ3) is 3.09. The minimum atomic E-state index is -0.162. The van der Waals surface area contributed by atoms with Crippen molar-refractivity contribution in [3.63, 3.8) is 0 Å². The van der Waals surface area contributed by atoms with Crippen molar-refractivity contribution in [2.45, 2.75) is 65.3 Å². The Balaban J connectivity index is 1.84. The van der Waals surface area contributed by atoms with E-state index in [-0.39, 0.29) is 5.41 Å². The van der Waals surface area contributed by atoms with Crippen LogP contribution >= 0.6 is 0 Å². The molecule has 0 N–H and O–H groups in total. The highest BCUT2D eigenvalue weighted by Gasteiger charge is 2.35. The van der Waals surface area contributed by atoms with E-state index < -0.39 is 0 Å². The monoisotopic (exact) mass is 237 g/mol. The molecule has 2 nitrogen and oxygen atoms in total. The predicted molar refractivity (Wildman–Crippen MR) is 71.0 cm³/mol. The highest BCUT2D eigenvalue weighted by molar-refractivity contribution is 5.83. The van der Waals surface area contributed by atoms with Gasteiger partial charge in [-0.3, -0.25) is 9.69 Å². The molecule has 2 aliphatic rings. The maximum absolute atomic E-state index is 12.0. The Morgan fingerprint density at radius 3 is 2.59 bits per heavy atom. The largest absolute Gasteiger partial charge is 0.300 e. The molecule has 1 saturated heterocycles. The molecule has 2 heteroatoms. The lowest BCUT2D eigenvalue weighted by atomic mass is 9.87. The summed E-state index contributed by atoms with van der Waals surface area (Å²) in [6.45, 7) is 8.31. The molecule has 17 heavy (non-hydrogen) atoms. The quantitative estimate of drug-likeness (QED) is 0.751. The van der Waals surface area contributed by atoms with Gasteiger partial charge in [0.1, 0.15) is 5.78 Å². The van der Waals surface area contributed by atoms with Crippen molar-refractivity contribution < 1.29 is 4.79 Å². The van der Waals surface area contributed by atoms with Crippen LogP contribution in [0, 0.1) is 11.3 Å². The fourth-order valence-electron chi connectivity index (χ4n) is 3.45. The number of hydrogen-bond acceptors (Lipinski definition) is 2. The number of hydrogen-bond donors (Lipinski definition) is 0. The second-order valence-electron chi connectivity index (χ2n) is 6.86. The number of nitrogens with zero attached hydrogens (tertiary/aromatic N) is 1. The van der Waals surface area contributed by atoms with Gasteiger partial charge in [0.25, 0.3) is 0 Å². The van der Waals surface area contributed by atoms with Gasteiger partial charge in [0.15, 0.2) is 0 Å². The predicted octanol–water partition coefficient (Wildman–Crippen LogP) is 3.26. The van der Waals surface area contributed by atoms with Crippen LogP contribution in [0.2, 0.25) is 0 Å². The number of fused-ring (bicyclic) bond motifs is 1. The Bertz CT molecular complexity index is 279. The standard InChI is InChI=1S/C15H27NO/c1-15(2,3)14(17)9-11-16-10-5-7-12-6-4-8-13(12)16/h12-13H,4-11H2,1-3H3. The molecule has 98 valence electrons. The van der Waals surface area contributed by atoms with Crippen LogP contribution in [-0.2, 0) is 4.79 Å². The van der Waals surface area contributed by atoms with Crippen molar-refractivity contribution in [1.29, 1.82) is 0 Å². The molecule has 1 saturated carbocycles. The van der Waals surface area contributed by atoms with Crippen LogP contribution in [0.5, 0.6) is 0 Å². The Morgan fingerprint density at radius 1 is 1.18 bits per heavy atom. The molecule has 0 aromatic heterocycles. The smallest absolute Gasteiger partial charge is 0.139 e. The molecule has 0 spiro atoms. The zero-order chi connectivity index (χ0) is 12.5. The topological polar surface area (TPSA) is 20.3 Å². The van der Waals surface area contributed by atoms with Crippen molar-refractivity contribution in [1.82, 2.24) is 4.90 Å². The van der Waals surface area contributed by atoms with E-state index in [4.69, 9.17) is 0 Å². The van der Waals surface area contributed by atoms with E-state index in [1.807, 2.05) is 20.8 Å². The molecule has 0 radical (unpaired) electrons. The molecule has 2 atom stereocenters. The van der Waals surface area contributed by atoms with Crippen molar-refractivity contribution in [3.05, 3.63) is 0 Å². The van der Waals surface area contributed by atoms with E-state index in [2.05, 4.69) is 4.90 Å². The van der Waals surface area contributed by atoms with Gasteiger partial charge in [-0.2, -0.15) is 0 Å². The fourth-order valence-corrected chi connectivity index (χ4v) is 3.45. The first kappa shape index (κ1) is 13.1. The number of carbonyl (C=O) groups is 1. The first-order chi connectivity index (χ1) is 7.98. The summed E-state index contributed by atoms with van der Waals surface area (Å²) < 4.78 is 0.